The lowest BCUT2D eigenvalue weighted by Gasteiger charge is -2.31. The topological polar surface area (TPSA) is 70.2 Å². The largest absolute Gasteiger partial charge is 0.328 e. The van der Waals surface area contributed by atoms with Gasteiger partial charge in [-0.1, -0.05) is 72.8 Å². The Kier molecular flexibility index (Phi) is 5.70. The van der Waals surface area contributed by atoms with Crippen molar-refractivity contribution in [1.29, 1.82) is 0 Å². The van der Waals surface area contributed by atoms with Crippen LogP contribution < -0.4 is 5.56 Å². The highest BCUT2D eigenvalue weighted by molar-refractivity contribution is 7.89. The van der Waals surface area contributed by atoms with Crippen LogP contribution in [-0.2, 0) is 10.0 Å². The van der Waals surface area contributed by atoms with Crippen molar-refractivity contribution in [2.45, 2.75) is 23.7 Å². The number of piperidine rings is 1. The molecule has 0 unspecified atom stereocenters. The number of hydrogen-bond acceptors (Lipinski definition) is 3. The third kappa shape index (κ3) is 4.02. The predicted octanol–water partition coefficient (Wildman–Crippen LogP) is 5.92. The van der Waals surface area contributed by atoms with Crippen molar-refractivity contribution in [3.63, 3.8) is 0 Å². The standard InChI is InChI=1S/C30H26N2O3S/c33-29-14-13-26(20-31-29)36(34,35)32-17-15-22(16-18-32)21-9-11-23(12-10-21)30-27-7-3-1-5-24(27)19-25-6-2-4-8-28(25)30/h1-14,19-20,22H,15-18H2,(H,31,33). The summed E-state index contributed by atoms with van der Waals surface area (Å²) in [5.74, 6) is 0.311. The molecule has 2 heterocycles. The van der Waals surface area contributed by atoms with Gasteiger partial charge < -0.3 is 4.98 Å². The van der Waals surface area contributed by atoms with Gasteiger partial charge in [0, 0.05) is 25.4 Å². The van der Waals surface area contributed by atoms with Crippen LogP contribution in [0.25, 0.3) is 32.7 Å². The molecule has 0 amide bonds. The molecule has 36 heavy (non-hydrogen) atoms. The van der Waals surface area contributed by atoms with Crippen molar-refractivity contribution in [2.75, 3.05) is 13.1 Å². The molecule has 0 aliphatic carbocycles. The van der Waals surface area contributed by atoms with Gasteiger partial charge in [0.15, 0.2) is 0 Å². The number of nitrogens with one attached hydrogen (secondary N) is 1. The van der Waals surface area contributed by atoms with Gasteiger partial charge >= 0.3 is 0 Å². The van der Waals surface area contributed by atoms with Crippen LogP contribution in [0.15, 0.2) is 107 Å². The number of H-pyrrole nitrogens is 1. The minimum Gasteiger partial charge on any atom is -0.328 e. The van der Waals surface area contributed by atoms with Gasteiger partial charge in [-0.05, 0) is 69.1 Å². The molecule has 0 bridgehead atoms. The summed E-state index contributed by atoms with van der Waals surface area (Å²) >= 11 is 0. The highest BCUT2D eigenvalue weighted by atomic mass is 32.2. The van der Waals surface area contributed by atoms with E-state index >= 15 is 0 Å². The molecule has 0 atom stereocenters. The first-order valence-electron chi connectivity index (χ1n) is 12.2. The monoisotopic (exact) mass is 494 g/mol. The lowest BCUT2D eigenvalue weighted by molar-refractivity contribution is 0.319. The molecule has 1 saturated heterocycles. The number of pyridine rings is 1. The lowest BCUT2D eigenvalue weighted by atomic mass is 9.87. The number of rotatable bonds is 4. The molecule has 5 aromatic rings. The summed E-state index contributed by atoms with van der Waals surface area (Å²) in [6.07, 6.45) is 2.80. The maximum absolute atomic E-state index is 13.0. The second kappa shape index (κ2) is 9.04. The van der Waals surface area contributed by atoms with Crippen molar-refractivity contribution >= 4 is 31.6 Å². The third-order valence-electron chi connectivity index (χ3n) is 7.29. The smallest absolute Gasteiger partial charge is 0.247 e. The summed E-state index contributed by atoms with van der Waals surface area (Å²) in [7, 11) is -3.61. The van der Waals surface area contributed by atoms with E-state index in [0.29, 0.717) is 19.0 Å². The summed E-state index contributed by atoms with van der Waals surface area (Å²) < 4.78 is 27.4. The van der Waals surface area contributed by atoms with E-state index in [9.17, 15) is 13.2 Å². The molecule has 0 spiro atoms. The van der Waals surface area contributed by atoms with Crippen molar-refractivity contribution < 1.29 is 8.42 Å². The average Bonchev–Trinajstić information content (AvgIpc) is 2.92. The maximum atomic E-state index is 13.0. The maximum Gasteiger partial charge on any atom is 0.247 e. The van der Waals surface area contributed by atoms with Gasteiger partial charge in [-0.3, -0.25) is 4.79 Å². The Morgan fingerprint density at radius 1 is 0.750 bits per heavy atom. The van der Waals surface area contributed by atoms with Crippen LogP contribution in [0.2, 0.25) is 0 Å². The molecule has 6 rings (SSSR count). The Morgan fingerprint density at radius 2 is 1.36 bits per heavy atom. The zero-order valence-electron chi connectivity index (χ0n) is 19.7. The molecular weight excluding hydrogens is 468 g/mol. The lowest BCUT2D eigenvalue weighted by Crippen LogP contribution is -2.38. The molecule has 1 aliphatic heterocycles. The SMILES string of the molecule is O=c1ccc(S(=O)(=O)N2CCC(c3ccc(-c4c5ccccc5cc5ccccc45)cc3)CC2)c[nH]1. The first kappa shape index (κ1) is 22.7. The summed E-state index contributed by atoms with van der Waals surface area (Å²) in [6.45, 7) is 0.920. The molecule has 6 heteroatoms. The van der Waals surface area contributed by atoms with Gasteiger partial charge in [-0.2, -0.15) is 4.31 Å². The zero-order valence-corrected chi connectivity index (χ0v) is 20.5. The number of nitrogens with zero attached hydrogens (tertiary/aromatic N) is 1. The third-order valence-corrected chi connectivity index (χ3v) is 9.18. The van der Waals surface area contributed by atoms with Gasteiger partial charge in [0.2, 0.25) is 15.6 Å². The van der Waals surface area contributed by atoms with Crippen molar-refractivity contribution in [3.05, 3.63) is 113 Å². The fourth-order valence-corrected chi connectivity index (χ4v) is 6.82. The number of hydrogen-bond donors (Lipinski definition) is 1. The number of sulfonamides is 1. The van der Waals surface area contributed by atoms with E-state index in [1.54, 1.807) is 0 Å². The van der Waals surface area contributed by atoms with E-state index in [2.05, 4.69) is 83.8 Å². The Morgan fingerprint density at radius 3 is 1.94 bits per heavy atom. The van der Waals surface area contributed by atoms with E-state index in [0.717, 1.165) is 12.8 Å². The fourth-order valence-electron chi connectivity index (χ4n) is 5.38. The molecule has 1 fully saturated rings. The first-order valence-corrected chi connectivity index (χ1v) is 13.6. The minimum atomic E-state index is -3.61. The molecule has 0 radical (unpaired) electrons. The van der Waals surface area contributed by atoms with Gasteiger partial charge in [-0.15, -0.1) is 0 Å². The highest BCUT2D eigenvalue weighted by Crippen LogP contribution is 2.38. The van der Waals surface area contributed by atoms with E-state index < -0.39 is 10.0 Å². The summed E-state index contributed by atoms with van der Waals surface area (Å²) in [6, 6.07) is 30.7. The van der Waals surface area contributed by atoms with Crippen LogP contribution in [0, 0.1) is 0 Å². The number of aromatic nitrogens is 1. The van der Waals surface area contributed by atoms with Crippen LogP contribution in [0.5, 0.6) is 0 Å². The van der Waals surface area contributed by atoms with Gasteiger partial charge in [0.25, 0.3) is 0 Å². The number of aromatic amines is 1. The molecule has 1 aromatic heterocycles. The Labute approximate surface area is 210 Å². The summed E-state index contributed by atoms with van der Waals surface area (Å²) in [5.41, 5.74) is 3.36. The van der Waals surface area contributed by atoms with E-state index in [4.69, 9.17) is 0 Å². The number of benzene rings is 4. The molecule has 1 N–H and O–H groups in total. The second-order valence-corrected chi connectivity index (χ2v) is 11.3. The molecule has 180 valence electrons. The van der Waals surface area contributed by atoms with Crippen LogP contribution >= 0.6 is 0 Å². The van der Waals surface area contributed by atoms with Crippen LogP contribution in [0.1, 0.15) is 24.3 Å². The predicted molar refractivity (Wildman–Crippen MR) is 145 cm³/mol. The molecule has 0 saturated carbocycles. The summed E-state index contributed by atoms with van der Waals surface area (Å²) in [4.78, 5) is 13.9. The normalized spacial score (nSPS) is 15.4. The van der Waals surface area contributed by atoms with Crippen molar-refractivity contribution in [2.24, 2.45) is 0 Å². The van der Waals surface area contributed by atoms with Gasteiger partial charge in [0.1, 0.15) is 0 Å². The van der Waals surface area contributed by atoms with Gasteiger partial charge in [0.05, 0.1) is 4.90 Å². The van der Waals surface area contributed by atoms with Crippen LogP contribution in [-0.4, -0.2) is 30.8 Å². The van der Waals surface area contributed by atoms with Crippen LogP contribution in [0.4, 0.5) is 0 Å². The van der Waals surface area contributed by atoms with Crippen molar-refractivity contribution in [1.82, 2.24) is 9.29 Å². The quantitative estimate of drug-likeness (QED) is 0.316. The Balaban J connectivity index is 1.26. The summed E-state index contributed by atoms with van der Waals surface area (Å²) in [5, 5.41) is 4.94. The van der Waals surface area contributed by atoms with E-state index in [-0.39, 0.29) is 10.5 Å². The number of fused-ring (bicyclic) bond motifs is 2. The second-order valence-electron chi connectivity index (χ2n) is 9.38. The highest BCUT2D eigenvalue weighted by Gasteiger charge is 2.30. The minimum absolute atomic E-state index is 0.132. The average molecular weight is 495 g/mol. The Hall–Kier alpha value is -3.74. The molecule has 5 nitrogen and oxygen atoms in total. The molecule has 1 aliphatic rings. The van der Waals surface area contributed by atoms with E-state index in [1.165, 1.54) is 60.9 Å². The van der Waals surface area contributed by atoms with E-state index in [1.807, 2.05) is 0 Å². The van der Waals surface area contributed by atoms with Gasteiger partial charge in [-0.25, -0.2) is 8.42 Å². The fraction of sp³-hybridized carbons (Fsp3) is 0.167. The first-order chi connectivity index (χ1) is 17.5. The van der Waals surface area contributed by atoms with Crippen molar-refractivity contribution in [3.8, 4) is 11.1 Å². The molecule has 4 aromatic carbocycles. The van der Waals surface area contributed by atoms with Crippen LogP contribution in [0.3, 0.4) is 0 Å². The zero-order chi connectivity index (χ0) is 24.7. The molecular formula is C30H26N2O3S. The Bertz CT molecular complexity index is 1660.